The summed E-state index contributed by atoms with van der Waals surface area (Å²) in [7, 11) is 0. The summed E-state index contributed by atoms with van der Waals surface area (Å²) in [4.78, 5) is 0. The predicted molar refractivity (Wildman–Crippen MR) is 75.1 cm³/mol. The topological polar surface area (TPSA) is 29.5 Å². The normalized spacial score (nSPS) is 37.3. The molecular formula is C15H19BrO2. The second kappa shape index (κ2) is 3.73. The van der Waals surface area contributed by atoms with Crippen LogP contribution in [-0.2, 0) is 5.41 Å². The number of hydrogen-bond acceptors (Lipinski definition) is 2. The average molecular weight is 311 g/mol. The summed E-state index contributed by atoms with van der Waals surface area (Å²) >= 11 is 3.61. The summed E-state index contributed by atoms with van der Waals surface area (Å²) in [5.74, 6) is 1.31. The third-order valence-corrected chi connectivity index (χ3v) is 6.12. The van der Waals surface area contributed by atoms with Crippen molar-refractivity contribution in [2.75, 3.05) is 6.61 Å². The molecule has 3 heteroatoms. The lowest BCUT2D eigenvalue weighted by Gasteiger charge is -2.44. The van der Waals surface area contributed by atoms with E-state index >= 15 is 0 Å². The molecule has 0 spiro atoms. The number of aryl methyl sites for hydroxylation is 1. The van der Waals surface area contributed by atoms with Gasteiger partial charge < -0.3 is 9.84 Å². The zero-order chi connectivity index (χ0) is 13.1. The molecule has 1 aromatic rings. The molecule has 1 aromatic carbocycles. The van der Waals surface area contributed by atoms with Crippen LogP contribution in [0.5, 0.6) is 5.75 Å². The van der Waals surface area contributed by atoms with Crippen molar-refractivity contribution >= 4 is 15.9 Å². The van der Waals surface area contributed by atoms with Crippen molar-refractivity contribution in [3.63, 3.8) is 0 Å². The SMILES string of the molecule is Cc1cc2c(cc1Br)[C@]1(C)CC[C@](CO)(O2)C1C. The maximum atomic E-state index is 9.77. The van der Waals surface area contributed by atoms with Gasteiger partial charge in [-0.1, -0.05) is 29.8 Å². The van der Waals surface area contributed by atoms with E-state index in [1.807, 2.05) is 0 Å². The fraction of sp³-hybridized carbons (Fsp3) is 0.600. The molecule has 0 amide bonds. The van der Waals surface area contributed by atoms with Crippen LogP contribution in [0.2, 0.25) is 0 Å². The van der Waals surface area contributed by atoms with Crippen LogP contribution in [0.4, 0.5) is 0 Å². The molecule has 98 valence electrons. The first-order valence-corrected chi connectivity index (χ1v) is 7.33. The monoisotopic (exact) mass is 310 g/mol. The highest BCUT2D eigenvalue weighted by Gasteiger charge is 2.58. The summed E-state index contributed by atoms with van der Waals surface area (Å²) in [6.07, 6.45) is 2.02. The van der Waals surface area contributed by atoms with Crippen molar-refractivity contribution in [1.82, 2.24) is 0 Å². The van der Waals surface area contributed by atoms with Gasteiger partial charge in [-0.25, -0.2) is 0 Å². The highest BCUT2D eigenvalue weighted by Crippen LogP contribution is 2.58. The van der Waals surface area contributed by atoms with Crippen LogP contribution >= 0.6 is 15.9 Å². The Labute approximate surface area is 116 Å². The van der Waals surface area contributed by atoms with Gasteiger partial charge in [0.15, 0.2) is 0 Å². The van der Waals surface area contributed by atoms with Crippen LogP contribution in [0, 0.1) is 12.8 Å². The molecule has 0 radical (unpaired) electrons. The highest BCUT2D eigenvalue weighted by molar-refractivity contribution is 9.10. The van der Waals surface area contributed by atoms with Gasteiger partial charge in [0.05, 0.1) is 6.61 Å². The summed E-state index contributed by atoms with van der Waals surface area (Å²) in [6.45, 7) is 6.69. The molecule has 0 saturated heterocycles. The van der Waals surface area contributed by atoms with Crippen molar-refractivity contribution in [2.24, 2.45) is 5.92 Å². The molecule has 1 aliphatic carbocycles. The van der Waals surface area contributed by atoms with Crippen molar-refractivity contribution in [3.05, 3.63) is 27.7 Å². The molecule has 0 aromatic heterocycles. The van der Waals surface area contributed by atoms with Gasteiger partial charge in [0, 0.05) is 21.4 Å². The minimum Gasteiger partial charge on any atom is -0.484 e. The zero-order valence-electron chi connectivity index (χ0n) is 11.1. The van der Waals surface area contributed by atoms with Crippen LogP contribution in [0.3, 0.4) is 0 Å². The molecule has 1 heterocycles. The lowest BCUT2D eigenvalue weighted by Crippen LogP contribution is -2.50. The molecule has 3 rings (SSSR count). The van der Waals surface area contributed by atoms with Gasteiger partial charge in [-0.05, 0) is 37.5 Å². The minimum absolute atomic E-state index is 0.109. The fourth-order valence-electron chi connectivity index (χ4n) is 3.65. The molecule has 2 aliphatic rings. The van der Waals surface area contributed by atoms with E-state index in [-0.39, 0.29) is 17.6 Å². The van der Waals surface area contributed by atoms with E-state index in [1.54, 1.807) is 0 Å². The first kappa shape index (κ1) is 12.5. The fourth-order valence-corrected chi connectivity index (χ4v) is 3.99. The zero-order valence-corrected chi connectivity index (χ0v) is 12.7. The Morgan fingerprint density at radius 3 is 2.83 bits per heavy atom. The van der Waals surface area contributed by atoms with Crippen molar-refractivity contribution in [2.45, 2.75) is 44.6 Å². The van der Waals surface area contributed by atoms with Gasteiger partial charge in [-0.3, -0.25) is 0 Å². The molecule has 1 fully saturated rings. The Kier molecular flexibility index (Phi) is 2.59. The lowest BCUT2D eigenvalue weighted by atomic mass is 9.69. The number of halogens is 1. The Hall–Kier alpha value is -0.540. The average Bonchev–Trinajstić information content (AvgIpc) is 2.52. The minimum atomic E-state index is -0.373. The number of ether oxygens (including phenoxy) is 1. The maximum Gasteiger partial charge on any atom is 0.135 e. The Balaban J connectivity index is 2.22. The first-order valence-electron chi connectivity index (χ1n) is 6.53. The predicted octanol–water partition coefficient (Wildman–Crippen LogP) is 3.57. The Morgan fingerprint density at radius 1 is 1.44 bits per heavy atom. The van der Waals surface area contributed by atoms with E-state index in [1.165, 1.54) is 11.1 Å². The van der Waals surface area contributed by atoms with Crippen molar-refractivity contribution in [3.8, 4) is 5.75 Å². The number of benzene rings is 1. The number of rotatable bonds is 1. The largest absolute Gasteiger partial charge is 0.484 e. The first-order chi connectivity index (χ1) is 8.43. The van der Waals surface area contributed by atoms with E-state index in [4.69, 9.17) is 4.74 Å². The second-order valence-corrected chi connectivity index (χ2v) is 6.92. The van der Waals surface area contributed by atoms with Crippen molar-refractivity contribution in [1.29, 1.82) is 0 Å². The van der Waals surface area contributed by atoms with Gasteiger partial charge in [0.25, 0.3) is 0 Å². The van der Waals surface area contributed by atoms with Crippen molar-refractivity contribution < 1.29 is 9.84 Å². The lowest BCUT2D eigenvalue weighted by molar-refractivity contribution is -0.0395. The second-order valence-electron chi connectivity index (χ2n) is 6.06. The van der Waals surface area contributed by atoms with Gasteiger partial charge in [-0.15, -0.1) is 0 Å². The molecule has 3 atom stereocenters. The summed E-state index contributed by atoms with van der Waals surface area (Å²) in [5, 5.41) is 9.77. The van der Waals surface area contributed by atoms with Crippen LogP contribution in [0.15, 0.2) is 16.6 Å². The standard InChI is InChI=1S/C15H19BrO2/c1-9-6-13-11(7-12(9)16)14(3)4-5-15(8-17,18-13)10(14)2/h6-7,10,17H,4-5,8H2,1-3H3/t10?,14-,15-/m1/s1. The molecule has 1 N–H and O–H groups in total. The van der Waals surface area contributed by atoms with Gasteiger partial charge in [0.1, 0.15) is 11.4 Å². The van der Waals surface area contributed by atoms with Crippen LogP contribution in [0.1, 0.15) is 37.8 Å². The quantitative estimate of drug-likeness (QED) is 0.859. The molecule has 1 aliphatic heterocycles. The van der Waals surface area contributed by atoms with E-state index in [0.29, 0.717) is 5.92 Å². The molecule has 1 unspecified atom stereocenters. The number of aliphatic hydroxyl groups is 1. The molecule has 2 nitrogen and oxygen atoms in total. The molecule has 2 bridgehead atoms. The van der Waals surface area contributed by atoms with Gasteiger partial charge >= 0.3 is 0 Å². The third-order valence-electron chi connectivity index (χ3n) is 5.27. The summed E-state index contributed by atoms with van der Waals surface area (Å²) in [5.41, 5.74) is 2.21. The van der Waals surface area contributed by atoms with Crippen LogP contribution in [0.25, 0.3) is 0 Å². The summed E-state index contributed by atoms with van der Waals surface area (Å²) in [6, 6.07) is 4.30. The number of hydrogen-bond donors (Lipinski definition) is 1. The Bertz CT molecular complexity index is 513. The number of aliphatic hydroxyl groups excluding tert-OH is 1. The summed E-state index contributed by atoms with van der Waals surface area (Å²) < 4.78 is 7.34. The molecule has 18 heavy (non-hydrogen) atoms. The van der Waals surface area contributed by atoms with Crippen LogP contribution < -0.4 is 4.74 Å². The smallest absolute Gasteiger partial charge is 0.135 e. The Morgan fingerprint density at radius 2 is 2.17 bits per heavy atom. The molecular weight excluding hydrogens is 292 g/mol. The van der Waals surface area contributed by atoms with Gasteiger partial charge in [0.2, 0.25) is 0 Å². The van der Waals surface area contributed by atoms with Crippen LogP contribution in [-0.4, -0.2) is 17.3 Å². The highest BCUT2D eigenvalue weighted by atomic mass is 79.9. The van der Waals surface area contributed by atoms with Gasteiger partial charge in [-0.2, -0.15) is 0 Å². The van der Waals surface area contributed by atoms with E-state index in [9.17, 15) is 5.11 Å². The van der Waals surface area contributed by atoms with E-state index in [2.05, 4.69) is 48.8 Å². The third kappa shape index (κ3) is 1.38. The number of fused-ring (bicyclic) bond motifs is 4. The maximum absolute atomic E-state index is 9.77. The van der Waals surface area contributed by atoms with E-state index in [0.717, 1.165) is 23.1 Å². The van der Waals surface area contributed by atoms with E-state index < -0.39 is 0 Å². The molecule has 1 saturated carbocycles.